The molecule has 2 aromatic carbocycles. The minimum Gasteiger partial charge on any atom is -0.484 e. The molecule has 0 atom stereocenters. The third kappa shape index (κ3) is 4.59. The molecule has 0 fully saturated rings. The second kappa shape index (κ2) is 7.68. The Morgan fingerprint density at radius 3 is 2.64 bits per heavy atom. The second-order valence-corrected chi connectivity index (χ2v) is 6.92. The number of aromatic nitrogens is 1. The maximum Gasteiger partial charge on any atom is 0.264 e. The van der Waals surface area contributed by atoms with Gasteiger partial charge in [-0.1, -0.05) is 29.8 Å². The molecule has 1 N–H and O–H groups in total. The number of ether oxygens (including phenoxy) is 1. The molecule has 1 heterocycles. The fraction of sp³-hybridized carbons (Fsp3) is 0.158. The van der Waals surface area contributed by atoms with Gasteiger partial charge in [0, 0.05) is 16.0 Å². The maximum absolute atomic E-state index is 12.0. The van der Waals surface area contributed by atoms with Gasteiger partial charge in [-0.2, -0.15) is 0 Å². The summed E-state index contributed by atoms with van der Waals surface area (Å²) in [5.41, 5.74) is 4.07. The zero-order valence-corrected chi connectivity index (χ0v) is 15.4. The van der Waals surface area contributed by atoms with Gasteiger partial charge in [-0.15, -0.1) is 11.3 Å². The number of carbonyl (C=O) groups excluding carboxylic acids is 1. The van der Waals surface area contributed by atoms with Gasteiger partial charge < -0.3 is 4.74 Å². The maximum atomic E-state index is 12.0. The SMILES string of the molecule is Cc1ccc(OCC(=O)Nc2nc(-c3ccc(Cl)cc3)cs2)cc1C. The van der Waals surface area contributed by atoms with Crippen molar-refractivity contribution in [2.24, 2.45) is 0 Å². The van der Waals surface area contributed by atoms with Crippen LogP contribution >= 0.6 is 22.9 Å². The van der Waals surface area contributed by atoms with E-state index in [0.29, 0.717) is 15.9 Å². The molecule has 0 aliphatic rings. The summed E-state index contributed by atoms with van der Waals surface area (Å²) in [4.78, 5) is 16.5. The smallest absolute Gasteiger partial charge is 0.264 e. The van der Waals surface area contributed by atoms with Crippen molar-refractivity contribution >= 4 is 34.0 Å². The standard InChI is InChI=1S/C19H17ClN2O2S/c1-12-3-8-16(9-13(12)2)24-10-18(23)22-19-21-17(11-25-19)14-4-6-15(20)7-5-14/h3-9,11H,10H2,1-2H3,(H,21,22,23). The predicted molar refractivity (Wildman–Crippen MR) is 103 cm³/mol. The highest BCUT2D eigenvalue weighted by Gasteiger charge is 2.09. The lowest BCUT2D eigenvalue weighted by atomic mass is 10.1. The van der Waals surface area contributed by atoms with Crippen LogP contribution in [0.25, 0.3) is 11.3 Å². The molecule has 6 heteroatoms. The number of nitrogens with zero attached hydrogens (tertiary/aromatic N) is 1. The second-order valence-electron chi connectivity index (χ2n) is 5.63. The van der Waals surface area contributed by atoms with Crippen molar-refractivity contribution in [3.05, 3.63) is 64.0 Å². The van der Waals surface area contributed by atoms with E-state index in [1.807, 2.05) is 61.7 Å². The molecule has 128 valence electrons. The van der Waals surface area contributed by atoms with E-state index < -0.39 is 0 Å². The average Bonchev–Trinajstić information content (AvgIpc) is 3.05. The lowest BCUT2D eigenvalue weighted by Crippen LogP contribution is -2.20. The predicted octanol–water partition coefficient (Wildman–Crippen LogP) is 5.10. The number of nitrogens with one attached hydrogen (secondary N) is 1. The van der Waals surface area contributed by atoms with Crippen molar-refractivity contribution in [2.45, 2.75) is 13.8 Å². The molecule has 1 aromatic heterocycles. The topological polar surface area (TPSA) is 51.2 Å². The number of thiazole rings is 1. The van der Waals surface area contributed by atoms with Gasteiger partial charge in [0.25, 0.3) is 5.91 Å². The molecule has 0 saturated carbocycles. The fourth-order valence-electron chi connectivity index (χ4n) is 2.19. The van der Waals surface area contributed by atoms with Gasteiger partial charge in [0.15, 0.2) is 11.7 Å². The highest BCUT2D eigenvalue weighted by atomic mass is 35.5. The average molecular weight is 373 g/mol. The van der Waals surface area contributed by atoms with Crippen LogP contribution in [0.2, 0.25) is 5.02 Å². The van der Waals surface area contributed by atoms with Crippen molar-refractivity contribution in [3.8, 4) is 17.0 Å². The van der Waals surface area contributed by atoms with Gasteiger partial charge in [-0.05, 0) is 49.2 Å². The summed E-state index contributed by atoms with van der Waals surface area (Å²) in [7, 11) is 0. The summed E-state index contributed by atoms with van der Waals surface area (Å²) in [5.74, 6) is 0.439. The highest BCUT2D eigenvalue weighted by molar-refractivity contribution is 7.14. The van der Waals surface area contributed by atoms with Crippen molar-refractivity contribution in [1.82, 2.24) is 4.98 Å². The molecule has 0 aliphatic carbocycles. The minimum atomic E-state index is -0.241. The summed E-state index contributed by atoms with van der Waals surface area (Å²) in [5, 5.41) is 5.87. The molecule has 4 nitrogen and oxygen atoms in total. The normalized spacial score (nSPS) is 10.5. The van der Waals surface area contributed by atoms with Crippen molar-refractivity contribution in [1.29, 1.82) is 0 Å². The number of carbonyl (C=O) groups is 1. The zero-order valence-electron chi connectivity index (χ0n) is 13.9. The van der Waals surface area contributed by atoms with Crippen molar-refractivity contribution < 1.29 is 9.53 Å². The molecular weight excluding hydrogens is 356 g/mol. The number of halogens is 1. The van der Waals surface area contributed by atoms with E-state index in [9.17, 15) is 4.79 Å². The van der Waals surface area contributed by atoms with E-state index >= 15 is 0 Å². The van der Waals surface area contributed by atoms with E-state index in [2.05, 4.69) is 10.3 Å². The van der Waals surface area contributed by atoms with Crippen LogP contribution in [-0.4, -0.2) is 17.5 Å². The van der Waals surface area contributed by atoms with Crippen LogP contribution in [0.5, 0.6) is 5.75 Å². The van der Waals surface area contributed by atoms with Crippen LogP contribution in [0.15, 0.2) is 47.8 Å². The summed E-state index contributed by atoms with van der Waals surface area (Å²) in [6.45, 7) is 3.99. The number of hydrogen-bond acceptors (Lipinski definition) is 4. The Balaban J connectivity index is 1.58. The lowest BCUT2D eigenvalue weighted by Gasteiger charge is -2.07. The Hall–Kier alpha value is -2.37. The molecule has 0 unspecified atom stereocenters. The van der Waals surface area contributed by atoms with Gasteiger partial charge >= 0.3 is 0 Å². The van der Waals surface area contributed by atoms with Gasteiger partial charge in [-0.3, -0.25) is 10.1 Å². The van der Waals surface area contributed by atoms with Crippen LogP contribution < -0.4 is 10.1 Å². The monoisotopic (exact) mass is 372 g/mol. The third-order valence-corrected chi connectivity index (χ3v) is 4.75. The van der Waals surface area contributed by atoms with Crippen LogP contribution in [0.1, 0.15) is 11.1 Å². The molecular formula is C19H17ClN2O2S. The first-order valence-electron chi connectivity index (χ1n) is 7.72. The van der Waals surface area contributed by atoms with Crippen molar-refractivity contribution in [2.75, 3.05) is 11.9 Å². The van der Waals surface area contributed by atoms with Crippen molar-refractivity contribution in [3.63, 3.8) is 0 Å². The summed E-state index contributed by atoms with van der Waals surface area (Å²) in [6, 6.07) is 13.2. The molecule has 25 heavy (non-hydrogen) atoms. The Morgan fingerprint density at radius 2 is 1.92 bits per heavy atom. The van der Waals surface area contributed by atoms with Gasteiger partial charge in [-0.25, -0.2) is 4.98 Å². The van der Waals surface area contributed by atoms with Gasteiger partial charge in [0.05, 0.1) is 5.69 Å². The molecule has 0 bridgehead atoms. The molecule has 0 aliphatic heterocycles. The van der Waals surface area contributed by atoms with Crippen LogP contribution in [0.3, 0.4) is 0 Å². The van der Waals surface area contributed by atoms with E-state index in [1.54, 1.807) is 0 Å². The largest absolute Gasteiger partial charge is 0.484 e. The van der Waals surface area contributed by atoms with E-state index in [1.165, 1.54) is 16.9 Å². The van der Waals surface area contributed by atoms with E-state index in [0.717, 1.165) is 16.8 Å². The van der Waals surface area contributed by atoms with E-state index in [4.69, 9.17) is 16.3 Å². The summed E-state index contributed by atoms with van der Waals surface area (Å²) in [6.07, 6.45) is 0. The van der Waals surface area contributed by atoms with Gasteiger partial charge in [0.2, 0.25) is 0 Å². The minimum absolute atomic E-state index is 0.0572. The summed E-state index contributed by atoms with van der Waals surface area (Å²) < 4.78 is 5.53. The fourth-order valence-corrected chi connectivity index (χ4v) is 3.05. The number of rotatable bonds is 5. The zero-order chi connectivity index (χ0) is 17.8. The number of amides is 1. The summed E-state index contributed by atoms with van der Waals surface area (Å²) >= 11 is 7.26. The Bertz CT molecular complexity index is 891. The molecule has 3 aromatic rings. The first-order chi connectivity index (χ1) is 12.0. The van der Waals surface area contributed by atoms with E-state index in [-0.39, 0.29) is 12.5 Å². The quantitative estimate of drug-likeness (QED) is 0.678. The first-order valence-corrected chi connectivity index (χ1v) is 8.98. The number of aryl methyl sites for hydroxylation is 2. The van der Waals surface area contributed by atoms with Crippen LogP contribution in [0, 0.1) is 13.8 Å². The van der Waals surface area contributed by atoms with Crippen LogP contribution in [-0.2, 0) is 4.79 Å². The molecule has 0 spiro atoms. The Morgan fingerprint density at radius 1 is 1.16 bits per heavy atom. The third-order valence-electron chi connectivity index (χ3n) is 3.74. The Labute approximate surface area is 155 Å². The first kappa shape index (κ1) is 17.5. The molecule has 0 radical (unpaired) electrons. The molecule has 0 saturated heterocycles. The Kier molecular flexibility index (Phi) is 5.36. The molecule has 1 amide bonds. The van der Waals surface area contributed by atoms with Gasteiger partial charge in [0.1, 0.15) is 5.75 Å². The number of hydrogen-bond donors (Lipinski definition) is 1. The number of benzene rings is 2. The van der Waals surface area contributed by atoms with Crippen LogP contribution in [0.4, 0.5) is 5.13 Å². The molecule has 3 rings (SSSR count). The number of anilines is 1. The highest BCUT2D eigenvalue weighted by Crippen LogP contribution is 2.26. The lowest BCUT2D eigenvalue weighted by molar-refractivity contribution is -0.118.